The molecular weight excluding hydrogens is 304 g/mol. The van der Waals surface area contributed by atoms with Gasteiger partial charge in [0.2, 0.25) is 0 Å². The average molecular weight is 329 g/mol. The molecule has 7 nitrogen and oxygen atoms in total. The summed E-state index contributed by atoms with van der Waals surface area (Å²) in [5, 5.41) is 57.9. The molecule has 0 aliphatic heterocycles. The zero-order valence-corrected chi connectivity index (χ0v) is 12.6. The van der Waals surface area contributed by atoms with E-state index in [0.29, 0.717) is 6.42 Å². The fourth-order valence-electron chi connectivity index (χ4n) is 2.15. The van der Waals surface area contributed by atoms with Gasteiger partial charge in [0.15, 0.2) is 0 Å². The minimum absolute atomic E-state index is 0.118. The smallest absolute Gasteiger partial charge is 0.125 e. The Bertz CT molecular complexity index is 525. The van der Waals surface area contributed by atoms with E-state index in [1.807, 2.05) is 0 Å². The van der Waals surface area contributed by atoms with Crippen molar-refractivity contribution in [3.8, 4) is 5.75 Å². The SMILES string of the molecule is [2H]COc1cc(CC=C)ccc1C(O)[C@@H](O)[C@@H](O)[C@H](O)[C@H](O)CO. The van der Waals surface area contributed by atoms with Gasteiger partial charge in [-0.25, -0.2) is 0 Å². The number of hydrogen-bond donors (Lipinski definition) is 6. The lowest BCUT2D eigenvalue weighted by Gasteiger charge is -2.29. The van der Waals surface area contributed by atoms with Gasteiger partial charge in [-0.1, -0.05) is 18.2 Å². The summed E-state index contributed by atoms with van der Waals surface area (Å²) in [4.78, 5) is 0. The Morgan fingerprint density at radius 2 is 1.87 bits per heavy atom. The van der Waals surface area contributed by atoms with Gasteiger partial charge in [-0.15, -0.1) is 6.58 Å². The first-order chi connectivity index (χ1) is 11.4. The predicted octanol–water partition coefficient (Wildman–Crippen LogP) is -1.11. The van der Waals surface area contributed by atoms with Gasteiger partial charge in [0.05, 0.1) is 15.1 Å². The fraction of sp³-hybridized carbons (Fsp3) is 0.500. The first kappa shape index (κ1) is 17.9. The number of ether oxygens (including phenoxy) is 1. The van der Waals surface area contributed by atoms with Gasteiger partial charge >= 0.3 is 0 Å². The highest BCUT2D eigenvalue weighted by Crippen LogP contribution is 2.30. The van der Waals surface area contributed by atoms with E-state index in [1.165, 1.54) is 6.07 Å². The van der Waals surface area contributed by atoms with Crippen LogP contribution in [-0.4, -0.2) is 68.7 Å². The maximum Gasteiger partial charge on any atom is 0.125 e. The number of hydrogen-bond acceptors (Lipinski definition) is 7. The molecule has 1 aromatic carbocycles. The molecule has 0 aliphatic rings. The molecule has 0 radical (unpaired) electrons. The van der Waals surface area contributed by atoms with Gasteiger partial charge in [0.25, 0.3) is 0 Å². The third-order valence-corrected chi connectivity index (χ3v) is 3.54. The summed E-state index contributed by atoms with van der Waals surface area (Å²) in [6, 6.07) is 4.71. The van der Waals surface area contributed by atoms with Gasteiger partial charge in [0, 0.05) is 5.56 Å². The topological polar surface area (TPSA) is 131 Å². The Morgan fingerprint density at radius 1 is 1.17 bits per heavy atom. The van der Waals surface area contributed by atoms with Crippen LogP contribution in [0.5, 0.6) is 5.75 Å². The van der Waals surface area contributed by atoms with Crippen molar-refractivity contribution in [2.45, 2.75) is 36.9 Å². The van der Waals surface area contributed by atoms with E-state index in [0.717, 1.165) is 5.56 Å². The van der Waals surface area contributed by atoms with E-state index < -0.39 is 44.2 Å². The molecular formula is C16H24O7. The van der Waals surface area contributed by atoms with Gasteiger partial charge in [-0.2, -0.15) is 0 Å². The zero-order chi connectivity index (χ0) is 18.3. The fourth-order valence-corrected chi connectivity index (χ4v) is 2.15. The van der Waals surface area contributed by atoms with Crippen molar-refractivity contribution in [2.24, 2.45) is 0 Å². The average Bonchev–Trinajstić information content (AvgIpc) is 2.59. The molecule has 6 N–H and O–H groups in total. The third-order valence-electron chi connectivity index (χ3n) is 3.54. The van der Waals surface area contributed by atoms with E-state index in [9.17, 15) is 25.5 Å². The zero-order valence-electron chi connectivity index (χ0n) is 13.6. The van der Waals surface area contributed by atoms with Gasteiger partial charge < -0.3 is 35.4 Å². The van der Waals surface area contributed by atoms with Crippen LogP contribution >= 0.6 is 0 Å². The van der Waals surface area contributed by atoms with Crippen LogP contribution in [0.15, 0.2) is 30.9 Å². The van der Waals surface area contributed by atoms with E-state index in [1.54, 1.807) is 18.2 Å². The summed E-state index contributed by atoms with van der Waals surface area (Å²) in [6.45, 7) is 2.80. The lowest BCUT2D eigenvalue weighted by Crippen LogP contribution is -2.47. The van der Waals surface area contributed by atoms with Gasteiger partial charge in [-0.05, 0) is 18.1 Å². The van der Waals surface area contributed by atoms with Crippen LogP contribution in [0.3, 0.4) is 0 Å². The molecule has 1 rings (SSSR count). The monoisotopic (exact) mass is 329 g/mol. The molecule has 130 valence electrons. The molecule has 5 atom stereocenters. The maximum atomic E-state index is 10.3. The highest BCUT2D eigenvalue weighted by molar-refractivity contribution is 5.40. The van der Waals surface area contributed by atoms with Crippen LogP contribution in [0.2, 0.25) is 0 Å². The standard InChI is InChI=1S/C16H24O7/c1-3-4-9-5-6-10(12(7-9)23-2)13(19)15(21)16(22)14(20)11(18)8-17/h3,5-7,11,13-22H,1,4,8H2,2H3/t11-,13?,14-,15-,16+/m1/s1/i2D. The van der Waals surface area contributed by atoms with E-state index in [-0.39, 0.29) is 11.3 Å². The minimum atomic E-state index is -1.90. The van der Waals surface area contributed by atoms with Crippen molar-refractivity contribution < 1.29 is 36.7 Å². The van der Waals surface area contributed by atoms with Crippen molar-refractivity contribution in [1.29, 1.82) is 0 Å². The van der Waals surface area contributed by atoms with Crippen LogP contribution < -0.4 is 4.74 Å². The molecule has 0 saturated carbocycles. The van der Waals surface area contributed by atoms with Gasteiger partial charge in [-0.3, -0.25) is 0 Å². The normalized spacial score (nSPS) is 18.4. The molecule has 7 heteroatoms. The molecule has 1 aromatic rings. The van der Waals surface area contributed by atoms with Crippen LogP contribution in [0.1, 0.15) is 18.6 Å². The molecule has 0 heterocycles. The van der Waals surface area contributed by atoms with E-state index in [2.05, 4.69) is 6.58 Å². The van der Waals surface area contributed by atoms with Gasteiger partial charge in [0.1, 0.15) is 36.3 Å². The lowest BCUT2D eigenvalue weighted by molar-refractivity contribution is -0.141. The Morgan fingerprint density at radius 3 is 2.43 bits per heavy atom. The molecule has 23 heavy (non-hydrogen) atoms. The number of aliphatic hydroxyl groups is 6. The number of methoxy groups -OCH3 is 1. The summed E-state index contributed by atoms with van der Waals surface area (Å²) < 4.78 is 12.3. The molecule has 0 saturated heterocycles. The third kappa shape index (κ3) is 4.74. The van der Waals surface area contributed by atoms with Crippen LogP contribution in [0.25, 0.3) is 0 Å². The summed E-state index contributed by atoms with van der Waals surface area (Å²) in [5.74, 6) is 0.153. The maximum absolute atomic E-state index is 10.3. The second kappa shape index (κ2) is 8.97. The highest BCUT2D eigenvalue weighted by Gasteiger charge is 2.35. The Kier molecular flexibility index (Phi) is 6.97. The van der Waals surface area contributed by atoms with Crippen molar-refractivity contribution in [1.82, 2.24) is 0 Å². The summed E-state index contributed by atoms with van der Waals surface area (Å²) >= 11 is 0. The number of aliphatic hydroxyl groups excluding tert-OH is 6. The van der Waals surface area contributed by atoms with Crippen molar-refractivity contribution in [3.05, 3.63) is 42.0 Å². The first-order valence-electron chi connectivity index (χ1n) is 7.75. The first-order valence-corrected chi connectivity index (χ1v) is 7.04. The summed E-state index contributed by atoms with van der Waals surface area (Å²) in [7, 11) is -0.415. The number of rotatable bonds is 9. The number of benzene rings is 1. The van der Waals surface area contributed by atoms with Crippen molar-refractivity contribution >= 4 is 0 Å². The van der Waals surface area contributed by atoms with Crippen LogP contribution in [0.4, 0.5) is 0 Å². The molecule has 0 bridgehead atoms. The highest BCUT2D eigenvalue weighted by atomic mass is 16.5. The molecule has 1 unspecified atom stereocenters. The Balaban J connectivity index is 3.03. The lowest BCUT2D eigenvalue weighted by atomic mass is 9.94. The van der Waals surface area contributed by atoms with E-state index in [4.69, 9.17) is 11.2 Å². The summed E-state index contributed by atoms with van der Waals surface area (Å²) in [6.07, 6.45) is -6.70. The predicted molar refractivity (Wildman–Crippen MR) is 83.0 cm³/mol. The molecule has 0 aromatic heterocycles. The molecule has 0 spiro atoms. The van der Waals surface area contributed by atoms with E-state index >= 15 is 0 Å². The van der Waals surface area contributed by atoms with Crippen molar-refractivity contribution in [3.63, 3.8) is 0 Å². The van der Waals surface area contributed by atoms with Crippen LogP contribution in [-0.2, 0) is 6.42 Å². The summed E-state index contributed by atoms with van der Waals surface area (Å²) in [5.41, 5.74) is 0.933. The largest absolute Gasteiger partial charge is 0.496 e. The molecule has 0 aliphatic carbocycles. The molecule has 0 amide bonds. The minimum Gasteiger partial charge on any atom is -0.496 e. The Labute approximate surface area is 136 Å². The second-order valence-electron chi connectivity index (χ2n) is 5.18. The Hall–Kier alpha value is -1.48. The molecule has 0 fully saturated rings. The quantitative estimate of drug-likeness (QED) is 0.317. The number of allylic oxidation sites excluding steroid dienone is 1. The van der Waals surface area contributed by atoms with Crippen LogP contribution in [0, 0.1) is 0 Å². The second-order valence-corrected chi connectivity index (χ2v) is 5.18. The van der Waals surface area contributed by atoms with Crippen molar-refractivity contribution in [2.75, 3.05) is 13.7 Å².